The van der Waals surface area contributed by atoms with Gasteiger partial charge in [0.1, 0.15) is 22.5 Å². The van der Waals surface area contributed by atoms with Gasteiger partial charge in [-0.1, -0.05) is 0 Å². The Morgan fingerprint density at radius 2 is 2.07 bits per heavy atom. The molecule has 2 rings (SSSR count). The molecule has 0 atom stereocenters. The van der Waals surface area contributed by atoms with Gasteiger partial charge < -0.3 is 9.52 Å². The van der Waals surface area contributed by atoms with Crippen molar-refractivity contribution in [2.75, 3.05) is 0 Å². The van der Waals surface area contributed by atoms with Gasteiger partial charge in [-0.05, 0) is 19.1 Å². The van der Waals surface area contributed by atoms with Gasteiger partial charge in [0.05, 0.1) is 5.30 Å². The molecule has 0 fully saturated rings. The highest BCUT2D eigenvalue weighted by molar-refractivity contribution is 7.34. The van der Waals surface area contributed by atoms with E-state index < -0.39 is 0 Å². The minimum Gasteiger partial charge on any atom is -0.507 e. The van der Waals surface area contributed by atoms with E-state index in [0.717, 1.165) is 0 Å². The largest absolute Gasteiger partial charge is 0.507 e. The van der Waals surface area contributed by atoms with Crippen molar-refractivity contribution >= 4 is 24.7 Å². The fraction of sp³-hybridized carbons (Fsp3) is 0.100. The smallest absolute Gasteiger partial charge is 0.196 e. The second-order valence-corrected chi connectivity index (χ2v) is 3.85. The van der Waals surface area contributed by atoms with Gasteiger partial charge in [-0.25, -0.2) is 0 Å². The summed E-state index contributed by atoms with van der Waals surface area (Å²) in [6, 6.07) is 4.05. The second kappa shape index (κ2) is 3.48. The van der Waals surface area contributed by atoms with E-state index in [4.69, 9.17) is 4.42 Å². The summed E-state index contributed by atoms with van der Waals surface area (Å²) in [5, 5.41) is 10.0. The topological polar surface area (TPSA) is 67.5 Å². The van der Waals surface area contributed by atoms with Crippen molar-refractivity contribution in [1.82, 2.24) is 0 Å². The Bertz CT molecular complexity index is 600. The Morgan fingerprint density at radius 1 is 1.33 bits per heavy atom. The maximum Gasteiger partial charge on any atom is 0.196 e. The third-order valence-electron chi connectivity index (χ3n) is 2.02. The number of hydrogen-bond acceptors (Lipinski definition) is 4. The monoisotopic (exact) mass is 222 g/mol. The van der Waals surface area contributed by atoms with Crippen LogP contribution in [0.25, 0.3) is 11.0 Å². The molecule has 0 aliphatic rings. The zero-order chi connectivity index (χ0) is 11.0. The number of phenols is 1. The van der Waals surface area contributed by atoms with Gasteiger partial charge in [0.2, 0.25) is 0 Å². The number of hydrogen-bond donors (Lipinski definition) is 1. The summed E-state index contributed by atoms with van der Waals surface area (Å²) in [6.07, 6.45) is 0. The Balaban J connectivity index is 2.97. The van der Waals surface area contributed by atoms with Crippen LogP contribution in [0.3, 0.4) is 0 Å². The van der Waals surface area contributed by atoms with Crippen LogP contribution in [0.4, 0.5) is 0 Å². The van der Waals surface area contributed by atoms with Crippen LogP contribution in [0.2, 0.25) is 0 Å². The number of aromatic hydroxyl groups is 1. The van der Waals surface area contributed by atoms with E-state index in [1.54, 1.807) is 6.92 Å². The summed E-state index contributed by atoms with van der Waals surface area (Å²) in [6.45, 7) is 1.64. The highest BCUT2D eigenvalue weighted by atomic mass is 31.1. The van der Waals surface area contributed by atoms with Crippen LogP contribution >= 0.6 is 8.46 Å². The van der Waals surface area contributed by atoms with Crippen LogP contribution in [0.15, 0.2) is 27.4 Å². The number of rotatable bonds is 1. The number of benzene rings is 1. The van der Waals surface area contributed by atoms with Crippen LogP contribution in [-0.4, -0.2) is 5.11 Å². The van der Waals surface area contributed by atoms with E-state index in [2.05, 4.69) is 0 Å². The molecule has 0 radical (unpaired) electrons. The van der Waals surface area contributed by atoms with Gasteiger partial charge in [0.25, 0.3) is 0 Å². The average Bonchev–Trinajstić information content (AvgIpc) is 2.15. The third-order valence-corrected chi connectivity index (χ3v) is 2.49. The first-order valence-corrected chi connectivity index (χ1v) is 5.04. The first kappa shape index (κ1) is 9.87. The molecule has 2 aromatic rings. The second-order valence-electron chi connectivity index (χ2n) is 3.15. The van der Waals surface area contributed by atoms with E-state index in [-0.39, 0.29) is 30.6 Å². The van der Waals surface area contributed by atoms with E-state index in [1.807, 2.05) is 0 Å². The van der Waals surface area contributed by atoms with Gasteiger partial charge in [0, 0.05) is 6.07 Å². The highest BCUT2D eigenvalue weighted by Crippen LogP contribution is 2.21. The predicted molar refractivity (Wildman–Crippen MR) is 56.1 cm³/mol. The Hall–Kier alpha value is -1.67. The Kier molecular flexibility index (Phi) is 2.29. The number of phenolic OH excluding ortho intramolecular Hbond substituents is 1. The molecule has 0 amide bonds. The molecule has 15 heavy (non-hydrogen) atoms. The Labute approximate surface area is 86.4 Å². The molecule has 0 unspecified atom stereocenters. The molecule has 0 aliphatic carbocycles. The predicted octanol–water partition coefficient (Wildman–Crippen LogP) is 1.72. The van der Waals surface area contributed by atoms with Crippen molar-refractivity contribution in [3.05, 3.63) is 34.2 Å². The van der Waals surface area contributed by atoms with Crippen molar-refractivity contribution < 1.29 is 14.1 Å². The third kappa shape index (κ3) is 1.64. The van der Waals surface area contributed by atoms with Crippen molar-refractivity contribution in [1.29, 1.82) is 0 Å². The minimum absolute atomic E-state index is 0.119. The fourth-order valence-electron chi connectivity index (χ4n) is 1.43. The molecule has 1 aromatic carbocycles. The molecule has 0 saturated carbocycles. The van der Waals surface area contributed by atoms with Gasteiger partial charge >= 0.3 is 0 Å². The van der Waals surface area contributed by atoms with E-state index >= 15 is 0 Å². The van der Waals surface area contributed by atoms with Crippen LogP contribution < -0.4 is 10.7 Å². The lowest BCUT2D eigenvalue weighted by Gasteiger charge is -2.01. The molecule has 5 heteroatoms. The van der Waals surface area contributed by atoms with Crippen molar-refractivity contribution in [3.8, 4) is 5.75 Å². The summed E-state index contributed by atoms with van der Waals surface area (Å²) < 4.78 is 15.9. The SMILES string of the molecule is Cc1cc(=O)c2c(O)cc(P=O)cc2o1. The maximum atomic E-state index is 11.5. The molecule has 0 spiro atoms. The molecular formula is C10H7O4P. The van der Waals surface area contributed by atoms with Crippen molar-refractivity contribution in [2.45, 2.75) is 6.92 Å². The molecule has 1 N–H and O–H groups in total. The van der Waals surface area contributed by atoms with Gasteiger partial charge in [-0.2, -0.15) is 0 Å². The fourth-order valence-corrected chi connectivity index (χ4v) is 1.77. The first-order chi connectivity index (χ1) is 7.11. The van der Waals surface area contributed by atoms with Gasteiger partial charge in [-0.3, -0.25) is 9.36 Å². The van der Waals surface area contributed by atoms with Gasteiger partial charge in [0.15, 0.2) is 13.9 Å². The number of aryl methyl sites for hydroxylation is 1. The lowest BCUT2D eigenvalue weighted by Crippen LogP contribution is -2.03. The van der Waals surface area contributed by atoms with E-state index in [0.29, 0.717) is 11.1 Å². The molecule has 0 aliphatic heterocycles. The summed E-state index contributed by atoms with van der Waals surface area (Å²) in [5.74, 6) is 0.242. The lowest BCUT2D eigenvalue weighted by atomic mass is 10.2. The normalized spacial score (nSPS) is 11.0. The summed E-state index contributed by atoms with van der Waals surface area (Å²) in [4.78, 5) is 11.5. The maximum absolute atomic E-state index is 11.5. The van der Waals surface area contributed by atoms with Crippen LogP contribution in [-0.2, 0) is 4.57 Å². The van der Waals surface area contributed by atoms with E-state index in [9.17, 15) is 14.5 Å². The molecule has 4 nitrogen and oxygen atoms in total. The van der Waals surface area contributed by atoms with Crippen molar-refractivity contribution in [3.63, 3.8) is 0 Å². The summed E-state index contributed by atoms with van der Waals surface area (Å²) in [5.41, 5.74) is -0.0567. The van der Waals surface area contributed by atoms with Gasteiger partial charge in [-0.15, -0.1) is 0 Å². The van der Waals surface area contributed by atoms with E-state index in [1.165, 1.54) is 18.2 Å². The van der Waals surface area contributed by atoms with Crippen LogP contribution in [0, 0.1) is 6.92 Å². The minimum atomic E-state index is -0.305. The van der Waals surface area contributed by atoms with Crippen LogP contribution in [0.5, 0.6) is 5.75 Å². The molecule has 1 heterocycles. The zero-order valence-corrected chi connectivity index (χ0v) is 8.75. The van der Waals surface area contributed by atoms with Crippen LogP contribution in [0.1, 0.15) is 5.76 Å². The molecular weight excluding hydrogens is 215 g/mol. The first-order valence-electron chi connectivity index (χ1n) is 4.22. The lowest BCUT2D eigenvalue weighted by molar-refractivity contribution is 0.479. The zero-order valence-electron chi connectivity index (χ0n) is 7.85. The summed E-state index contributed by atoms with van der Waals surface area (Å²) in [7, 11) is -0.226. The Morgan fingerprint density at radius 3 is 2.73 bits per heavy atom. The van der Waals surface area contributed by atoms with Crippen molar-refractivity contribution in [2.24, 2.45) is 0 Å². The number of fused-ring (bicyclic) bond motifs is 1. The molecule has 0 bridgehead atoms. The summed E-state index contributed by atoms with van der Waals surface area (Å²) >= 11 is 0. The molecule has 1 aromatic heterocycles. The average molecular weight is 222 g/mol. The molecule has 0 saturated heterocycles. The molecule has 76 valence electrons. The quantitative estimate of drug-likeness (QED) is 0.746. The standard InChI is InChI=1S/C10H7O4P/c1-5-2-7(11)10-8(12)3-6(15-13)4-9(10)14-5/h2-4,12H,1H3. The highest BCUT2D eigenvalue weighted by Gasteiger charge is 2.09.